The quantitative estimate of drug-likeness (QED) is 0.389. The molecule has 1 heteroatoms. The molecule has 2 rings (SSSR count). The molecule has 0 nitrogen and oxygen atoms in total. The zero-order valence-electron chi connectivity index (χ0n) is 12.2. The van der Waals surface area contributed by atoms with E-state index in [4.69, 9.17) is 0 Å². The minimum absolute atomic E-state index is 0.560. The highest BCUT2D eigenvalue weighted by Crippen LogP contribution is 2.37. The lowest BCUT2D eigenvalue weighted by Crippen LogP contribution is -2.11. The van der Waals surface area contributed by atoms with Gasteiger partial charge in [0, 0.05) is 11.8 Å². The predicted molar refractivity (Wildman–Crippen MR) is 97.9 cm³/mol. The Morgan fingerprint density at radius 2 is 2.30 bits per heavy atom. The highest BCUT2D eigenvalue weighted by Gasteiger charge is 2.20. The second kappa shape index (κ2) is 7.82. The Labute approximate surface area is 136 Å². The van der Waals surface area contributed by atoms with Crippen molar-refractivity contribution in [2.75, 3.05) is 0 Å². The summed E-state index contributed by atoms with van der Waals surface area (Å²) >= 11 is 2.50. The lowest BCUT2D eigenvalue weighted by Gasteiger charge is -2.25. The largest absolute Gasteiger partial charge is 0.103 e. The zero-order valence-corrected chi connectivity index (χ0v) is 14.3. The standard InChI is InChI=1S/C19H23I/c1-3-5-9-15(4-2)17-12-18(14-19(20)13-17)16-10-7-6-8-11-16/h3-4,6-8,10,12,14,16-17H,1,5,9,11,13H2,2H3/b15-4+. The van der Waals surface area contributed by atoms with E-state index < -0.39 is 0 Å². The first kappa shape index (κ1) is 15.6. The molecule has 2 atom stereocenters. The third-order valence-corrected chi connectivity index (χ3v) is 4.78. The molecular formula is C19H23I. The second-order valence-electron chi connectivity index (χ2n) is 5.41. The third kappa shape index (κ3) is 4.08. The Kier molecular flexibility index (Phi) is 6.08. The molecule has 0 aromatic rings. The lowest BCUT2D eigenvalue weighted by atomic mass is 9.82. The number of hydrogen-bond acceptors (Lipinski definition) is 0. The maximum Gasteiger partial charge on any atom is 0.00530 e. The number of halogens is 1. The van der Waals surface area contributed by atoms with Crippen LogP contribution in [0.5, 0.6) is 0 Å². The summed E-state index contributed by atoms with van der Waals surface area (Å²) in [5.74, 6) is 1.14. The minimum atomic E-state index is 0.560. The minimum Gasteiger partial charge on any atom is -0.103 e. The van der Waals surface area contributed by atoms with Crippen LogP contribution in [0.1, 0.15) is 32.6 Å². The molecule has 0 bridgehead atoms. The van der Waals surface area contributed by atoms with Crippen molar-refractivity contribution in [2.45, 2.75) is 32.6 Å². The molecule has 2 aliphatic rings. The van der Waals surface area contributed by atoms with Crippen LogP contribution in [0.4, 0.5) is 0 Å². The maximum absolute atomic E-state index is 3.84. The molecule has 0 N–H and O–H groups in total. The van der Waals surface area contributed by atoms with Crippen LogP contribution < -0.4 is 0 Å². The molecule has 20 heavy (non-hydrogen) atoms. The average Bonchev–Trinajstić information content (AvgIpc) is 2.48. The molecule has 0 heterocycles. The number of rotatable bonds is 5. The van der Waals surface area contributed by atoms with Crippen LogP contribution >= 0.6 is 22.6 Å². The molecule has 2 aliphatic carbocycles. The van der Waals surface area contributed by atoms with Gasteiger partial charge in [-0.2, -0.15) is 0 Å². The van der Waals surface area contributed by atoms with E-state index in [9.17, 15) is 0 Å². The summed E-state index contributed by atoms with van der Waals surface area (Å²) in [6.45, 7) is 6.01. The summed E-state index contributed by atoms with van der Waals surface area (Å²) in [5.41, 5.74) is 3.05. The van der Waals surface area contributed by atoms with Crippen LogP contribution in [0.3, 0.4) is 0 Å². The Morgan fingerprint density at radius 1 is 1.45 bits per heavy atom. The Bertz CT molecular complexity index is 500. The van der Waals surface area contributed by atoms with Crippen LogP contribution in [-0.2, 0) is 0 Å². The van der Waals surface area contributed by atoms with Gasteiger partial charge in [0.2, 0.25) is 0 Å². The van der Waals surface area contributed by atoms with Gasteiger partial charge in [-0.15, -0.1) is 6.58 Å². The van der Waals surface area contributed by atoms with Gasteiger partial charge in [-0.25, -0.2) is 0 Å². The summed E-state index contributed by atoms with van der Waals surface area (Å²) in [7, 11) is 0. The molecule has 2 unspecified atom stereocenters. The second-order valence-corrected chi connectivity index (χ2v) is 6.80. The van der Waals surface area contributed by atoms with Crippen molar-refractivity contribution in [3.8, 4) is 0 Å². The van der Waals surface area contributed by atoms with Gasteiger partial charge in [0.1, 0.15) is 0 Å². The van der Waals surface area contributed by atoms with E-state index in [0.717, 1.165) is 25.7 Å². The lowest BCUT2D eigenvalue weighted by molar-refractivity contribution is 0.680. The summed E-state index contributed by atoms with van der Waals surface area (Å²) in [5, 5.41) is 0. The average molecular weight is 378 g/mol. The van der Waals surface area contributed by atoms with Gasteiger partial charge in [-0.05, 0) is 70.4 Å². The summed E-state index contributed by atoms with van der Waals surface area (Å²) in [6.07, 6.45) is 22.6. The monoisotopic (exact) mass is 378 g/mol. The fourth-order valence-corrected chi connectivity index (χ4v) is 3.73. The van der Waals surface area contributed by atoms with Crippen LogP contribution in [-0.4, -0.2) is 0 Å². The predicted octanol–water partition coefficient (Wildman–Crippen LogP) is 6.30. The van der Waals surface area contributed by atoms with Crippen molar-refractivity contribution in [2.24, 2.45) is 11.8 Å². The van der Waals surface area contributed by atoms with E-state index in [1.54, 1.807) is 5.57 Å². The van der Waals surface area contributed by atoms with E-state index in [0.29, 0.717) is 11.8 Å². The van der Waals surface area contributed by atoms with E-state index in [2.05, 4.69) is 78.6 Å². The summed E-state index contributed by atoms with van der Waals surface area (Å²) in [4.78, 5) is 0. The topological polar surface area (TPSA) is 0 Å². The Balaban J connectivity index is 2.17. The molecule has 0 aliphatic heterocycles. The van der Waals surface area contributed by atoms with Crippen LogP contribution in [0.2, 0.25) is 0 Å². The summed E-state index contributed by atoms with van der Waals surface area (Å²) < 4.78 is 1.48. The first-order chi connectivity index (χ1) is 9.74. The number of allylic oxidation sites excluding steroid dienone is 11. The molecule has 0 aromatic heterocycles. The number of hydrogen-bond donors (Lipinski definition) is 0. The molecule has 106 valence electrons. The summed E-state index contributed by atoms with van der Waals surface area (Å²) in [6, 6.07) is 0. The van der Waals surface area contributed by atoms with Gasteiger partial charge in [-0.3, -0.25) is 0 Å². The van der Waals surface area contributed by atoms with Gasteiger partial charge < -0.3 is 0 Å². The molecule has 0 aromatic carbocycles. The van der Waals surface area contributed by atoms with Crippen molar-refractivity contribution >= 4 is 22.6 Å². The molecule has 0 fully saturated rings. The molecule has 0 radical (unpaired) electrons. The van der Waals surface area contributed by atoms with Crippen molar-refractivity contribution in [1.82, 2.24) is 0 Å². The van der Waals surface area contributed by atoms with E-state index >= 15 is 0 Å². The fraction of sp³-hybridized carbons (Fsp3) is 0.368. The molecule has 0 spiro atoms. The van der Waals surface area contributed by atoms with E-state index in [1.165, 1.54) is 9.15 Å². The molecule has 0 saturated heterocycles. The van der Waals surface area contributed by atoms with Gasteiger partial charge in [-0.1, -0.05) is 48.1 Å². The smallest absolute Gasteiger partial charge is 0.00530 e. The molecule has 0 amide bonds. The first-order valence-electron chi connectivity index (χ1n) is 7.41. The first-order valence-corrected chi connectivity index (χ1v) is 8.49. The Hall–Kier alpha value is -0.830. The van der Waals surface area contributed by atoms with E-state index in [1.807, 2.05) is 6.08 Å². The van der Waals surface area contributed by atoms with Crippen molar-refractivity contribution < 1.29 is 0 Å². The zero-order chi connectivity index (χ0) is 14.4. The van der Waals surface area contributed by atoms with Crippen LogP contribution in [0.25, 0.3) is 0 Å². The normalized spacial score (nSPS) is 26.2. The van der Waals surface area contributed by atoms with Gasteiger partial charge in [0.05, 0.1) is 0 Å². The molecule has 0 saturated carbocycles. The van der Waals surface area contributed by atoms with Crippen LogP contribution in [0, 0.1) is 11.8 Å². The third-order valence-electron chi connectivity index (χ3n) is 4.02. The SMILES string of the molecule is C=CCC/C(=C\C)C1C=C(C2C=CC=CC2)C=C(I)C1. The van der Waals surface area contributed by atoms with Crippen molar-refractivity contribution in [3.05, 3.63) is 69.9 Å². The van der Waals surface area contributed by atoms with E-state index in [-0.39, 0.29) is 0 Å². The van der Waals surface area contributed by atoms with Crippen LogP contribution in [0.15, 0.2) is 69.9 Å². The van der Waals surface area contributed by atoms with Gasteiger partial charge in [0.15, 0.2) is 0 Å². The highest BCUT2D eigenvalue weighted by atomic mass is 127. The fourth-order valence-electron chi connectivity index (χ4n) is 2.90. The highest BCUT2D eigenvalue weighted by molar-refractivity contribution is 14.1. The Morgan fingerprint density at radius 3 is 2.95 bits per heavy atom. The van der Waals surface area contributed by atoms with Gasteiger partial charge >= 0.3 is 0 Å². The maximum atomic E-state index is 3.84. The van der Waals surface area contributed by atoms with Crippen molar-refractivity contribution in [1.29, 1.82) is 0 Å². The molecular weight excluding hydrogens is 355 g/mol. The van der Waals surface area contributed by atoms with Gasteiger partial charge in [0.25, 0.3) is 0 Å². The van der Waals surface area contributed by atoms with Crippen molar-refractivity contribution in [3.63, 3.8) is 0 Å².